The van der Waals surface area contributed by atoms with Crippen molar-refractivity contribution in [3.8, 4) is 5.75 Å². The number of anilines is 4. The summed E-state index contributed by atoms with van der Waals surface area (Å²) >= 11 is 1.41. The molecule has 13 heteroatoms. The van der Waals surface area contributed by atoms with Gasteiger partial charge in [-0.25, -0.2) is 4.98 Å². The molecule has 9 nitrogen and oxygen atoms in total. The molecule has 1 aromatic carbocycles. The Morgan fingerprint density at radius 1 is 1.16 bits per heavy atom. The molecule has 0 aliphatic carbocycles. The highest BCUT2D eigenvalue weighted by atomic mass is 32.2. The van der Waals surface area contributed by atoms with Gasteiger partial charge in [0.25, 0.3) is 0 Å². The number of thioether (sulfide) groups is 1. The van der Waals surface area contributed by atoms with Crippen LogP contribution in [0.1, 0.15) is 5.56 Å². The predicted octanol–water partition coefficient (Wildman–Crippen LogP) is 4.08. The van der Waals surface area contributed by atoms with Crippen LogP contribution >= 0.6 is 11.8 Å². The van der Waals surface area contributed by atoms with Gasteiger partial charge in [0, 0.05) is 43.3 Å². The highest BCUT2D eigenvalue weighted by Gasteiger charge is 2.38. The lowest BCUT2D eigenvalue weighted by Gasteiger charge is -2.29. The van der Waals surface area contributed by atoms with Crippen LogP contribution in [0.2, 0.25) is 0 Å². The first-order valence-corrected chi connectivity index (χ1v) is 12.6. The van der Waals surface area contributed by atoms with Gasteiger partial charge in [-0.2, -0.15) is 13.2 Å². The van der Waals surface area contributed by atoms with Crippen LogP contribution in [0, 0.1) is 0 Å². The molecule has 196 valence electrons. The normalized spacial score (nSPS) is 23.1. The van der Waals surface area contributed by atoms with Gasteiger partial charge in [0.15, 0.2) is 0 Å². The third-order valence-electron chi connectivity index (χ3n) is 6.09. The van der Waals surface area contributed by atoms with Crippen molar-refractivity contribution in [3.05, 3.63) is 48.3 Å². The molecule has 0 saturated carbocycles. The van der Waals surface area contributed by atoms with Gasteiger partial charge in [0.1, 0.15) is 23.9 Å². The second-order valence-corrected chi connectivity index (χ2v) is 9.46. The first kappa shape index (κ1) is 25.2. The number of rotatable bonds is 7. The zero-order valence-corrected chi connectivity index (χ0v) is 20.7. The monoisotopic (exact) mass is 533 g/mol. The van der Waals surface area contributed by atoms with E-state index >= 15 is 0 Å². The van der Waals surface area contributed by atoms with E-state index in [2.05, 4.69) is 35.8 Å². The standard InChI is InChI=1S/C24H26F3N7O2S/c1-35-19-11-15(34-7-9-36-10-8-34)3-4-17(19)32-20-12-18(16(13-30-20)24(25,26)27)33-23-21(37-14-31-23)22-28-5-2-6-29-22/h2-6,11-14,21-23,28H,7-10H2,1H3,(H2,30,32,33). The summed E-state index contributed by atoms with van der Waals surface area (Å²) in [6, 6.07) is 6.98. The Morgan fingerprint density at radius 2 is 2.00 bits per heavy atom. The number of ether oxygens (including phenoxy) is 2. The first-order chi connectivity index (χ1) is 17.9. The minimum atomic E-state index is -4.60. The number of aliphatic imine (C=N–C) groups is 2. The molecule has 1 aromatic heterocycles. The van der Waals surface area contributed by atoms with Crippen molar-refractivity contribution in [2.75, 3.05) is 48.9 Å². The van der Waals surface area contributed by atoms with Crippen molar-refractivity contribution >= 4 is 46.4 Å². The molecule has 3 atom stereocenters. The minimum Gasteiger partial charge on any atom is -0.494 e. The predicted molar refractivity (Wildman–Crippen MR) is 140 cm³/mol. The summed E-state index contributed by atoms with van der Waals surface area (Å²) < 4.78 is 52.5. The molecule has 3 N–H and O–H groups in total. The zero-order chi connectivity index (χ0) is 25.8. The molecule has 2 aromatic rings. The fourth-order valence-corrected chi connectivity index (χ4v) is 5.15. The molecule has 37 heavy (non-hydrogen) atoms. The average molecular weight is 534 g/mol. The third kappa shape index (κ3) is 5.77. The minimum absolute atomic E-state index is 0.126. The van der Waals surface area contributed by atoms with E-state index in [4.69, 9.17) is 9.47 Å². The van der Waals surface area contributed by atoms with Crippen LogP contribution in [0.5, 0.6) is 5.75 Å². The van der Waals surface area contributed by atoms with Crippen LogP contribution in [0.25, 0.3) is 0 Å². The van der Waals surface area contributed by atoms with E-state index in [-0.39, 0.29) is 22.9 Å². The lowest BCUT2D eigenvalue weighted by atomic mass is 10.1. The van der Waals surface area contributed by atoms with E-state index in [1.165, 1.54) is 17.8 Å². The lowest BCUT2D eigenvalue weighted by molar-refractivity contribution is -0.137. The van der Waals surface area contributed by atoms with E-state index < -0.39 is 17.9 Å². The molecule has 1 fully saturated rings. The maximum atomic E-state index is 13.9. The summed E-state index contributed by atoms with van der Waals surface area (Å²) in [4.78, 5) is 14.9. The molecule has 1 saturated heterocycles. The van der Waals surface area contributed by atoms with Crippen molar-refractivity contribution in [2.45, 2.75) is 23.8 Å². The number of halogens is 3. The number of alkyl halides is 3. The van der Waals surface area contributed by atoms with Gasteiger partial charge in [0.05, 0.1) is 48.1 Å². The van der Waals surface area contributed by atoms with Crippen LogP contribution in [0.15, 0.2) is 52.7 Å². The third-order valence-corrected chi connectivity index (χ3v) is 7.17. The molecule has 5 rings (SSSR count). The van der Waals surface area contributed by atoms with Crippen molar-refractivity contribution < 1.29 is 22.6 Å². The van der Waals surface area contributed by atoms with Crippen LogP contribution in [0.4, 0.5) is 36.1 Å². The Labute approximate surface area is 216 Å². The molecule has 3 aliphatic rings. The van der Waals surface area contributed by atoms with Gasteiger partial charge < -0.3 is 30.3 Å². The Bertz CT molecular complexity index is 1200. The van der Waals surface area contributed by atoms with E-state index in [0.717, 1.165) is 25.0 Å². The van der Waals surface area contributed by atoms with Crippen molar-refractivity contribution in [2.24, 2.45) is 9.98 Å². The smallest absolute Gasteiger partial charge is 0.419 e. The molecular formula is C24H26F3N7O2S. The average Bonchev–Trinajstić information content (AvgIpc) is 3.37. The first-order valence-electron chi connectivity index (χ1n) is 11.7. The van der Waals surface area contributed by atoms with E-state index in [1.807, 2.05) is 18.2 Å². The Hall–Kier alpha value is -3.45. The molecule has 4 heterocycles. The quantitative estimate of drug-likeness (QED) is 0.490. The molecule has 0 spiro atoms. The van der Waals surface area contributed by atoms with Crippen LogP contribution in [-0.2, 0) is 10.9 Å². The molecule has 0 amide bonds. The summed E-state index contributed by atoms with van der Waals surface area (Å²) in [5, 5.41) is 8.94. The SMILES string of the molecule is COc1cc(N2CCOCC2)ccc1Nc1cc(NC2N=CSC2C2N=CC=CN2)c(C(F)(F)F)cn1. The van der Waals surface area contributed by atoms with Gasteiger partial charge >= 0.3 is 6.18 Å². The van der Waals surface area contributed by atoms with Crippen molar-refractivity contribution in [1.82, 2.24) is 10.3 Å². The number of nitrogens with one attached hydrogen (secondary N) is 3. The largest absolute Gasteiger partial charge is 0.494 e. The van der Waals surface area contributed by atoms with Crippen LogP contribution in [-0.4, -0.2) is 67.7 Å². The van der Waals surface area contributed by atoms with E-state index in [9.17, 15) is 13.2 Å². The van der Waals surface area contributed by atoms with Crippen molar-refractivity contribution in [1.29, 1.82) is 0 Å². The topological polar surface area (TPSA) is 95.4 Å². The molecule has 3 aliphatic heterocycles. The number of aromatic nitrogens is 1. The Balaban J connectivity index is 1.39. The highest BCUT2D eigenvalue weighted by Crippen LogP contribution is 2.39. The number of benzene rings is 1. The number of morpholine rings is 1. The van der Waals surface area contributed by atoms with E-state index in [1.54, 1.807) is 31.1 Å². The highest BCUT2D eigenvalue weighted by molar-refractivity contribution is 8.13. The van der Waals surface area contributed by atoms with Gasteiger partial charge in [-0.15, -0.1) is 11.8 Å². The van der Waals surface area contributed by atoms with Gasteiger partial charge in [-0.1, -0.05) is 0 Å². The molecule has 3 unspecified atom stereocenters. The summed E-state index contributed by atoms with van der Waals surface area (Å²) in [6.07, 6.45) is 0.442. The number of hydrogen-bond acceptors (Lipinski definition) is 10. The molecule has 0 bridgehead atoms. The number of allylic oxidation sites excluding steroid dienone is 1. The second-order valence-electron chi connectivity index (χ2n) is 8.44. The fourth-order valence-electron chi connectivity index (χ4n) is 4.23. The van der Waals surface area contributed by atoms with Gasteiger partial charge in [-0.3, -0.25) is 9.98 Å². The van der Waals surface area contributed by atoms with Gasteiger partial charge in [0.2, 0.25) is 0 Å². The van der Waals surface area contributed by atoms with Crippen molar-refractivity contribution in [3.63, 3.8) is 0 Å². The van der Waals surface area contributed by atoms with Crippen LogP contribution < -0.4 is 25.6 Å². The zero-order valence-electron chi connectivity index (χ0n) is 19.9. The molecular weight excluding hydrogens is 507 g/mol. The Kier molecular flexibility index (Phi) is 7.42. The Morgan fingerprint density at radius 3 is 2.73 bits per heavy atom. The maximum Gasteiger partial charge on any atom is 0.419 e. The fraction of sp³-hybridized carbons (Fsp3) is 0.375. The summed E-state index contributed by atoms with van der Waals surface area (Å²) in [7, 11) is 1.55. The maximum absolute atomic E-state index is 13.9. The summed E-state index contributed by atoms with van der Waals surface area (Å²) in [5.74, 6) is 0.780. The van der Waals surface area contributed by atoms with E-state index in [0.29, 0.717) is 24.7 Å². The number of pyridine rings is 1. The lowest BCUT2D eigenvalue weighted by Crippen LogP contribution is -2.43. The molecule has 0 radical (unpaired) electrons. The summed E-state index contributed by atoms with van der Waals surface area (Å²) in [6.45, 7) is 2.84. The summed E-state index contributed by atoms with van der Waals surface area (Å²) in [5.41, 5.74) is 2.19. The number of hydrogen-bond donors (Lipinski definition) is 3. The number of nitrogens with zero attached hydrogens (tertiary/aromatic N) is 4. The second kappa shape index (κ2) is 10.9. The van der Waals surface area contributed by atoms with Gasteiger partial charge in [-0.05, 0) is 24.4 Å². The number of methoxy groups -OCH3 is 1. The van der Waals surface area contributed by atoms with Crippen LogP contribution in [0.3, 0.4) is 0 Å².